The molecule has 25 heavy (non-hydrogen) atoms. The van der Waals surface area contributed by atoms with E-state index < -0.39 is 46.9 Å². The second-order valence-corrected chi connectivity index (χ2v) is 6.34. The highest BCUT2D eigenvalue weighted by atomic mass is 19.2. The van der Waals surface area contributed by atoms with Crippen LogP contribution in [-0.2, 0) is 4.79 Å². The Morgan fingerprint density at radius 1 is 1.16 bits per heavy atom. The smallest absolute Gasteiger partial charge is 0.169 e. The van der Waals surface area contributed by atoms with E-state index >= 15 is 0 Å². The van der Waals surface area contributed by atoms with Crippen LogP contribution < -0.4 is 0 Å². The predicted molar refractivity (Wildman–Crippen MR) is 81.9 cm³/mol. The number of aliphatic hydroxyl groups is 2. The number of aliphatic hydroxyl groups excluding tert-OH is 2. The van der Waals surface area contributed by atoms with Gasteiger partial charge in [-0.25, -0.2) is 13.2 Å². The lowest BCUT2D eigenvalue weighted by Crippen LogP contribution is -2.30. The molecule has 0 fully saturated rings. The van der Waals surface area contributed by atoms with Gasteiger partial charge in [0.2, 0.25) is 0 Å². The zero-order chi connectivity index (χ0) is 17.3. The summed E-state index contributed by atoms with van der Waals surface area (Å²) in [5.74, 6) is -6.20. The third-order valence-electron chi connectivity index (χ3n) is 4.92. The van der Waals surface area contributed by atoms with E-state index in [1.54, 1.807) is 12.2 Å². The standard InChI is InChI=1S/C18H13F3O3.H2O/c1-6-4-10(19)15(21)12(14(6)20)18(24)13-16(22)8-3-2-7-5-9(7)11(8)17(13)23;/h2-5,9,13,16,18,22,24H,1H3;1H2. The van der Waals surface area contributed by atoms with Gasteiger partial charge in [0.1, 0.15) is 5.82 Å². The molecule has 3 aliphatic rings. The molecule has 3 aliphatic carbocycles. The lowest BCUT2D eigenvalue weighted by molar-refractivity contribution is -0.125. The highest BCUT2D eigenvalue weighted by molar-refractivity contribution is 6.05. The first kappa shape index (κ1) is 17.6. The number of carbonyl (C=O) groups excluding carboxylic acids is 1. The molecule has 4 rings (SSSR count). The van der Waals surface area contributed by atoms with E-state index in [9.17, 15) is 28.2 Å². The fourth-order valence-corrected chi connectivity index (χ4v) is 3.59. The van der Waals surface area contributed by atoms with Gasteiger partial charge in [-0.15, -0.1) is 0 Å². The van der Waals surface area contributed by atoms with E-state index in [4.69, 9.17) is 0 Å². The number of fused-ring (bicyclic) bond motifs is 2. The number of rotatable bonds is 2. The van der Waals surface area contributed by atoms with Crippen molar-refractivity contribution in [1.82, 2.24) is 0 Å². The molecular formula is C18H15F3O4. The summed E-state index contributed by atoms with van der Waals surface area (Å²) < 4.78 is 41.9. The van der Waals surface area contributed by atoms with E-state index in [-0.39, 0.29) is 17.0 Å². The van der Waals surface area contributed by atoms with Crippen molar-refractivity contribution in [1.29, 1.82) is 0 Å². The van der Waals surface area contributed by atoms with E-state index in [0.717, 1.165) is 5.57 Å². The summed E-state index contributed by atoms with van der Waals surface area (Å²) >= 11 is 0. The van der Waals surface area contributed by atoms with E-state index in [1.165, 1.54) is 6.92 Å². The van der Waals surface area contributed by atoms with Gasteiger partial charge in [0.25, 0.3) is 0 Å². The maximum Gasteiger partial charge on any atom is 0.169 e. The number of Topliss-reactive ketones (excluding diaryl/α,β-unsaturated/α-hetero) is 1. The molecular weight excluding hydrogens is 337 g/mol. The Bertz CT molecular complexity index is 859. The monoisotopic (exact) mass is 352 g/mol. The Labute approximate surface area is 140 Å². The summed E-state index contributed by atoms with van der Waals surface area (Å²) in [5.41, 5.74) is 0.520. The van der Waals surface area contributed by atoms with Gasteiger partial charge >= 0.3 is 0 Å². The lowest BCUT2D eigenvalue weighted by atomic mass is 9.88. The molecule has 0 bridgehead atoms. The number of ketones is 1. The zero-order valence-electron chi connectivity index (χ0n) is 13.1. The minimum atomic E-state index is -1.98. The van der Waals surface area contributed by atoms with Gasteiger partial charge in [0.15, 0.2) is 17.4 Å². The van der Waals surface area contributed by atoms with Crippen molar-refractivity contribution in [2.24, 2.45) is 11.8 Å². The van der Waals surface area contributed by atoms with Crippen LogP contribution in [0.4, 0.5) is 13.2 Å². The fraction of sp³-hybridized carbons (Fsp3) is 0.278. The number of hydrogen-bond donors (Lipinski definition) is 2. The number of carbonyl (C=O) groups is 1. The van der Waals surface area contributed by atoms with Crippen LogP contribution in [0.15, 0.2) is 41.0 Å². The number of hydrogen-bond acceptors (Lipinski definition) is 3. The molecule has 132 valence electrons. The van der Waals surface area contributed by atoms with Crippen LogP contribution in [0.25, 0.3) is 0 Å². The molecule has 0 aromatic heterocycles. The largest absolute Gasteiger partial charge is 0.412 e. The molecule has 0 spiro atoms. The summed E-state index contributed by atoms with van der Waals surface area (Å²) in [6.07, 6.45) is 1.78. The average molecular weight is 352 g/mol. The molecule has 0 saturated carbocycles. The predicted octanol–water partition coefficient (Wildman–Crippen LogP) is 1.60. The van der Waals surface area contributed by atoms with Crippen molar-refractivity contribution in [2.45, 2.75) is 19.1 Å². The molecule has 4 unspecified atom stereocenters. The molecule has 0 aliphatic heterocycles. The van der Waals surface area contributed by atoms with Gasteiger partial charge in [-0.3, -0.25) is 4.79 Å². The summed E-state index contributed by atoms with van der Waals surface area (Å²) in [7, 11) is 0. The zero-order valence-corrected chi connectivity index (χ0v) is 13.1. The summed E-state index contributed by atoms with van der Waals surface area (Å²) in [5, 5.41) is 20.8. The highest BCUT2D eigenvalue weighted by Gasteiger charge is 2.51. The molecule has 1 aromatic carbocycles. The summed E-state index contributed by atoms with van der Waals surface area (Å²) in [4.78, 5) is 12.6. The lowest BCUT2D eigenvalue weighted by Gasteiger charge is -2.23. The molecule has 7 heteroatoms. The van der Waals surface area contributed by atoms with Gasteiger partial charge in [0.05, 0.1) is 23.7 Å². The first-order chi connectivity index (χ1) is 11.3. The fourth-order valence-electron chi connectivity index (χ4n) is 3.59. The van der Waals surface area contributed by atoms with Crippen molar-refractivity contribution in [3.8, 4) is 0 Å². The van der Waals surface area contributed by atoms with Crippen molar-refractivity contribution in [3.63, 3.8) is 0 Å². The van der Waals surface area contributed by atoms with Gasteiger partial charge in [-0.2, -0.15) is 0 Å². The maximum absolute atomic E-state index is 14.3. The first-order valence-electron chi connectivity index (χ1n) is 7.51. The Morgan fingerprint density at radius 2 is 1.84 bits per heavy atom. The number of allylic oxidation sites excluding steroid dienone is 4. The Kier molecular flexibility index (Phi) is 3.98. The van der Waals surface area contributed by atoms with Crippen molar-refractivity contribution in [3.05, 3.63) is 69.6 Å². The van der Waals surface area contributed by atoms with Crippen molar-refractivity contribution >= 4 is 5.78 Å². The molecule has 0 saturated heterocycles. The van der Waals surface area contributed by atoms with Crippen LogP contribution in [0.1, 0.15) is 17.2 Å². The third-order valence-corrected chi connectivity index (χ3v) is 4.92. The topological polar surface area (TPSA) is 89.0 Å². The van der Waals surface area contributed by atoms with Crippen LogP contribution in [0.5, 0.6) is 0 Å². The third kappa shape index (κ3) is 2.31. The normalized spacial score (nSPS) is 27.5. The van der Waals surface area contributed by atoms with E-state index in [1.807, 2.05) is 6.08 Å². The van der Waals surface area contributed by atoms with E-state index in [0.29, 0.717) is 17.2 Å². The van der Waals surface area contributed by atoms with Gasteiger partial charge < -0.3 is 15.7 Å². The number of benzene rings is 1. The summed E-state index contributed by atoms with van der Waals surface area (Å²) in [6.45, 7) is 1.23. The van der Waals surface area contributed by atoms with Crippen LogP contribution >= 0.6 is 0 Å². The molecule has 4 atom stereocenters. The molecule has 0 heterocycles. The minimum absolute atomic E-state index is 0. The van der Waals surface area contributed by atoms with Gasteiger partial charge in [0, 0.05) is 11.5 Å². The molecule has 4 nitrogen and oxygen atoms in total. The Morgan fingerprint density at radius 3 is 2.52 bits per heavy atom. The second kappa shape index (κ2) is 5.66. The second-order valence-electron chi connectivity index (χ2n) is 6.34. The van der Waals surface area contributed by atoms with E-state index in [2.05, 4.69) is 0 Å². The maximum atomic E-state index is 14.3. The molecule has 0 radical (unpaired) electrons. The average Bonchev–Trinajstić information content (AvgIpc) is 3.27. The SMILES string of the molecule is Cc1cc(F)c(F)c(C(O)C2C(=O)C3=C(C=CC4=CC43)C2O)c1F.O. The van der Waals surface area contributed by atoms with Crippen molar-refractivity contribution < 1.29 is 33.7 Å². The quantitative estimate of drug-likeness (QED) is 0.793. The van der Waals surface area contributed by atoms with Crippen LogP contribution in [-0.4, -0.2) is 27.6 Å². The highest BCUT2D eigenvalue weighted by Crippen LogP contribution is 2.50. The molecule has 0 amide bonds. The number of halogens is 3. The van der Waals surface area contributed by atoms with Gasteiger partial charge in [-0.05, 0) is 29.7 Å². The van der Waals surface area contributed by atoms with Crippen molar-refractivity contribution in [2.75, 3.05) is 0 Å². The van der Waals surface area contributed by atoms with Crippen LogP contribution in [0.2, 0.25) is 0 Å². The minimum Gasteiger partial charge on any atom is -0.412 e. The van der Waals surface area contributed by atoms with Crippen LogP contribution in [0.3, 0.4) is 0 Å². The number of aryl methyl sites for hydroxylation is 1. The Hall–Kier alpha value is -2.22. The van der Waals surface area contributed by atoms with Gasteiger partial charge in [-0.1, -0.05) is 18.2 Å². The Balaban J connectivity index is 0.00000182. The molecule has 4 N–H and O–H groups in total. The summed E-state index contributed by atoms with van der Waals surface area (Å²) in [6, 6.07) is 0.681. The molecule has 1 aromatic rings. The van der Waals surface area contributed by atoms with Crippen LogP contribution in [0, 0.1) is 36.2 Å². The first-order valence-corrected chi connectivity index (χ1v) is 7.51.